The predicted octanol–water partition coefficient (Wildman–Crippen LogP) is -0.0771. The molecule has 0 saturated carbocycles. The molecule has 14 heavy (non-hydrogen) atoms. The zero-order chi connectivity index (χ0) is 9.97. The van der Waals surface area contributed by atoms with Crippen molar-refractivity contribution in [1.29, 1.82) is 0 Å². The van der Waals surface area contributed by atoms with E-state index in [4.69, 9.17) is 0 Å². The van der Waals surface area contributed by atoms with Crippen LogP contribution in [0.1, 0.15) is 6.42 Å². The van der Waals surface area contributed by atoms with Crippen molar-refractivity contribution < 1.29 is 9.59 Å². The Kier molecular flexibility index (Phi) is 2.10. The fraction of sp³-hybridized carbons (Fsp3) is 0.250. The molecule has 1 aliphatic rings. The molecule has 0 bridgehead atoms. The standard InChI is InChI=1S/C8H8N4O2/c13-7-3-5-12(8(14)10-7)6-2-1-4-9-11-6/h1-2,4H,3,5H2,(H,10,13,14). The first-order valence-electron chi connectivity index (χ1n) is 4.16. The van der Waals surface area contributed by atoms with Crippen LogP contribution in [0.2, 0.25) is 0 Å². The molecule has 1 fully saturated rings. The zero-order valence-corrected chi connectivity index (χ0v) is 7.30. The van der Waals surface area contributed by atoms with Gasteiger partial charge in [-0.2, -0.15) is 5.10 Å². The number of aromatic nitrogens is 2. The highest BCUT2D eigenvalue weighted by Gasteiger charge is 2.24. The maximum Gasteiger partial charge on any atom is 0.329 e. The van der Waals surface area contributed by atoms with Crippen LogP contribution in [0.3, 0.4) is 0 Å². The van der Waals surface area contributed by atoms with Gasteiger partial charge in [0.2, 0.25) is 5.91 Å². The fourth-order valence-electron chi connectivity index (χ4n) is 1.22. The van der Waals surface area contributed by atoms with Crippen molar-refractivity contribution in [2.75, 3.05) is 11.4 Å². The molecule has 0 unspecified atom stereocenters. The minimum Gasteiger partial charge on any atom is -0.278 e. The Balaban J connectivity index is 2.20. The molecule has 72 valence electrons. The van der Waals surface area contributed by atoms with E-state index in [1.54, 1.807) is 12.1 Å². The molecule has 2 rings (SSSR count). The molecule has 1 N–H and O–H groups in total. The van der Waals surface area contributed by atoms with Gasteiger partial charge < -0.3 is 0 Å². The van der Waals surface area contributed by atoms with Gasteiger partial charge in [-0.25, -0.2) is 4.79 Å². The number of urea groups is 1. The van der Waals surface area contributed by atoms with Crippen LogP contribution in [0.15, 0.2) is 18.3 Å². The Labute approximate surface area is 79.9 Å². The number of rotatable bonds is 1. The predicted molar refractivity (Wildman–Crippen MR) is 47.5 cm³/mol. The van der Waals surface area contributed by atoms with Gasteiger partial charge in [0.25, 0.3) is 0 Å². The van der Waals surface area contributed by atoms with Crippen molar-refractivity contribution in [2.45, 2.75) is 6.42 Å². The first-order chi connectivity index (χ1) is 6.77. The van der Waals surface area contributed by atoms with Crippen LogP contribution in [-0.2, 0) is 4.79 Å². The average molecular weight is 192 g/mol. The van der Waals surface area contributed by atoms with E-state index in [0.717, 1.165) is 0 Å². The molecule has 0 radical (unpaired) electrons. The van der Waals surface area contributed by atoms with Gasteiger partial charge in [-0.15, -0.1) is 5.10 Å². The second kappa shape index (κ2) is 3.41. The molecule has 1 aromatic rings. The third-order valence-corrected chi connectivity index (χ3v) is 1.89. The molecule has 0 aliphatic carbocycles. The molecule has 1 aliphatic heterocycles. The fourth-order valence-corrected chi connectivity index (χ4v) is 1.22. The molecule has 6 nitrogen and oxygen atoms in total. The molecule has 0 spiro atoms. The lowest BCUT2D eigenvalue weighted by molar-refractivity contribution is -0.120. The molecule has 0 aromatic carbocycles. The van der Waals surface area contributed by atoms with E-state index in [2.05, 4.69) is 15.5 Å². The highest BCUT2D eigenvalue weighted by Crippen LogP contribution is 2.11. The van der Waals surface area contributed by atoms with Crippen molar-refractivity contribution >= 4 is 17.8 Å². The Morgan fingerprint density at radius 1 is 1.43 bits per heavy atom. The van der Waals surface area contributed by atoms with Crippen molar-refractivity contribution in [2.24, 2.45) is 0 Å². The minimum absolute atomic E-state index is 0.254. The van der Waals surface area contributed by atoms with Gasteiger partial charge in [0.15, 0.2) is 5.82 Å². The van der Waals surface area contributed by atoms with Crippen LogP contribution in [0.25, 0.3) is 0 Å². The van der Waals surface area contributed by atoms with Crippen LogP contribution in [0, 0.1) is 0 Å². The number of nitrogens with zero attached hydrogens (tertiary/aromatic N) is 3. The van der Waals surface area contributed by atoms with E-state index in [1.807, 2.05) is 0 Å². The van der Waals surface area contributed by atoms with Crippen LogP contribution in [-0.4, -0.2) is 28.7 Å². The molecule has 1 saturated heterocycles. The summed E-state index contributed by atoms with van der Waals surface area (Å²) in [5.74, 6) is 0.202. The quantitative estimate of drug-likeness (QED) is 0.675. The molecular weight excluding hydrogens is 184 g/mol. The van der Waals surface area contributed by atoms with E-state index in [-0.39, 0.29) is 5.91 Å². The summed E-state index contributed by atoms with van der Waals surface area (Å²) in [6.07, 6.45) is 1.82. The molecule has 6 heteroatoms. The van der Waals surface area contributed by atoms with E-state index in [9.17, 15) is 9.59 Å². The molecule has 2 heterocycles. The summed E-state index contributed by atoms with van der Waals surface area (Å²) in [7, 11) is 0. The number of carbonyl (C=O) groups excluding carboxylic acids is 2. The molecular formula is C8H8N4O2. The number of amides is 3. The van der Waals surface area contributed by atoms with E-state index < -0.39 is 6.03 Å². The van der Waals surface area contributed by atoms with E-state index in [1.165, 1.54) is 11.1 Å². The zero-order valence-electron chi connectivity index (χ0n) is 7.30. The summed E-state index contributed by atoms with van der Waals surface area (Å²) in [5, 5.41) is 9.65. The Morgan fingerprint density at radius 3 is 2.93 bits per heavy atom. The van der Waals surface area contributed by atoms with Gasteiger partial charge >= 0.3 is 6.03 Å². The normalized spacial score (nSPS) is 16.7. The highest BCUT2D eigenvalue weighted by atomic mass is 16.2. The number of carbonyl (C=O) groups is 2. The summed E-state index contributed by atoms with van der Waals surface area (Å²) in [6.45, 7) is 0.351. The number of nitrogens with one attached hydrogen (secondary N) is 1. The SMILES string of the molecule is O=C1CCN(c2cccnn2)C(=O)N1. The van der Waals surface area contributed by atoms with Crippen molar-refractivity contribution in [3.63, 3.8) is 0 Å². The van der Waals surface area contributed by atoms with Gasteiger partial charge in [0, 0.05) is 19.2 Å². The second-order valence-electron chi connectivity index (χ2n) is 2.84. The lowest BCUT2D eigenvalue weighted by atomic mass is 10.3. The van der Waals surface area contributed by atoms with Crippen LogP contribution < -0.4 is 10.2 Å². The van der Waals surface area contributed by atoms with Gasteiger partial charge in [-0.05, 0) is 12.1 Å². The summed E-state index contributed by atoms with van der Waals surface area (Å²) in [4.78, 5) is 23.6. The van der Waals surface area contributed by atoms with Crippen LogP contribution in [0.5, 0.6) is 0 Å². The number of hydrogen-bond donors (Lipinski definition) is 1. The molecule has 3 amide bonds. The summed E-state index contributed by atoms with van der Waals surface area (Å²) < 4.78 is 0. The van der Waals surface area contributed by atoms with Gasteiger partial charge in [-0.1, -0.05) is 0 Å². The largest absolute Gasteiger partial charge is 0.329 e. The van der Waals surface area contributed by atoms with Crippen molar-refractivity contribution in [1.82, 2.24) is 15.5 Å². The van der Waals surface area contributed by atoms with Gasteiger partial charge in [-0.3, -0.25) is 15.0 Å². The van der Waals surface area contributed by atoms with E-state index >= 15 is 0 Å². The van der Waals surface area contributed by atoms with Crippen molar-refractivity contribution in [3.8, 4) is 0 Å². The molecule has 1 aromatic heterocycles. The molecule has 0 atom stereocenters. The Bertz CT molecular complexity index is 365. The summed E-state index contributed by atoms with van der Waals surface area (Å²) in [6, 6.07) is 2.91. The average Bonchev–Trinajstić information content (AvgIpc) is 2.19. The summed E-state index contributed by atoms with van der Waals surface area (Å²) in [5.41, 5.74) is 0. The lowest BCUT2D eigenvalue weighted by Gasteiger charge is -2.24. The van der Waals surface area contributed by atoms with Crippen LogP contribution >= 0.6 is 0 Å². The maximum atomic E-state index is 11.3. The number of anilines is 1. The third kappa shape index (κ3) is 1.54. The number of hydrogen-bond acceptors (Lipinski definition) is 4. The van der Waals surface area contributed by atoms with Gasteiger partial charge in [0.05, 0.1) is 0 Å². The first kappa shape index (κ1) is 8.61. The monoisotopic (exact) mass is 192 g/mol. The minimum atomic E-state index is -0.443. The lowest BCUT2D eigenvalue weighted by Crippen LogP contribution is -2.49. The third-order valence-electron chi connectivity index (χ3n) is 1.89. The summed E-state index contributed by atoms with van der Waals surface area (Å²) >= 11 is 0. The van der Waals surface area contributed by atoms with E-state index in [0.29, 0.717) is 18.8 Å². The van der Waals surface area contributed by atoms with Gasteiger partial charge in [0.1, 0.15) is 0 Å². The first-order valence-corrected chi connectivity index (χ1v) is 4.16. The maximum absolute atomic E-state index is 11.3. The Morgan fingerprint density at radius 2 is 2.29 bits per heavy atom. The Hall–Kier alpha value is -1.98. The highest BCUT2D eigenvalue weighted by molar-refractivity contribution is 6.05. The number of imide groups is 1. The van der Waals surface area contributed by atoms with Crippen LogP contribution in [0.4, 0.5) is 10.6 Å². The van der Waals surface area contributed by atoms with Crippen molar-refractivity contribution in [3.05, 3.63) is 18.3 Å². The second-order valence-corrected chi connectivity index (χ2v) is 2.84. The topological polar surface area (TPSA) is 75.2 Å². The smallest absolute Gasteiger partial charge is 0.278 e.